The van der Waals surface area contributed by atoms with Gasteiger partial charge >= 0.3 is 0 Å². The summed E-state index contributed by atoms with van der Waals surface area (Å²) in [7, 11) is 0. The first-order valence-corrected chi connectivity index (χ1v) is 4.94. The van der Waals surface area contributed by atoms with Gasteiger partial charge in [0.05, 0.1) is 17.7 Å². The SMILES string of the molecule is N#Cc1ccc2c3c(cccc13)CC2O. The second kappa shape index (κ2) is 2.82. The van der Waals surface area contributed by atoms with E-state index in [9.17, 15) is 5.11 Å². The van der Waals surface area contributed by atoms with Crippen molar-refractivity contribution in [2.24, 2.45) is 0 Å². The molecule has 0 amide bonds. The maximum absolute atomic E-state index is 9.85. The summed E-state index contributed by atoms with van der Waals surface area (Å²) in [4.78, 5) is 0. The Morgan fingerprint density at radius 2 is 2.13 bits per heavy atom. The molecule has 1 atom stereocenters. The predicted octanol–water partition coefficient (Wildman–Crippen LogP) is 2.30. The molecule has 0 bridgehead atoms. The van der Waals surface area contributed by atoms with Crippen LogP contribution in [0, 0.1) is 11.3 Å². The van der Waals surface area contributed by atoms with Crippen molar-refractivity contribution in [1.29, 1.82) is 5.26 Å². The second-order valence-corrected chi connectivity index (χ2v) is 3.87. The molecular weight excluding hydrogens is 186 g/mol. The summed E-state index contributed by atoms with van der Waals surface area (Å²) >= 11 is 0. The number of nitrogens with zero attached hydrogens (tertiary/aromatic N) is 1. The Kier molecular flexibility index (Phi) is 1.59. The largest absolute Gasteiger partial charge is 0.388 e. The third-order valence-electron chi connectivity index (χ3n) is 3.05. The fourth-order valence-electron chi connectivity index (χ4n) is 2.38. The topological polar surface area (TPSA) is 44.0 Å². The molecule has 0 saturated carbocycles. The highest BCUT2D eigenvalue weighted by Crippen LogP contribution is 2.37. The van der Waals surface area contributed by atoms with Gasteiger partial charge in [-0.2, -0.15) is 5.26 Å². The molecule has 0 aliphatic heterocycles. The first-order valence-electron chi connectivity index (χ1n) is 4.94. The van der Waals surface area contributed by atoms with E-state index < -0.39 is 6.10 Å². The van der Waals surface area contributed by atoms with Gasteiger partial charge in [-0.3, -0.25) is 0 Å². The Hall–Kier alpha value is -1.85. The second-order valence-electron chi connectivity index (χ2n) is 3.87. The summed E-state index contributed by atoms with van der Waals surface area (Å²) < 4.78 is 0. The van der Waals surface area contributed by atoms with E-state index in [0.29, 0.717) is 12.0 Å². The molecule has 0 fully saturated rings. The maximum Gasteiger partial charge on any atom is 0.0998 e. The molecule has 0 saturated heterocycles. The molecule has 72 valence electrons. The van der Waals surface area contributed by atoms with Gasteiger partial charge in [-0.1, -0.05) is 24.3 Å². The number of rotatable bonds is 0. The molecule has 0 spiro atoms. The van der Waals surface area contributed by atoms with E-state index in [2.05, 4.69) is 6.07 Å². The minimum Gasteiger partial charge on any atom is -0.388 e. The molecule has 0 aromatic heterocycles. The molecule has 0 heterocycles. The molecule has 2 aromatic rings. The molecule has 2 aromatic carbocycles. The van der Waals surface area contributed by atoms with Crippen molar-refractivity contribution in [1.82, 2.24) is 0 Å². The van der Waals surface area contributed by atoms with Gasteiger partial charge in [-0.15, -0.1) is 0 Å². The Labute approximate surface area is 87.4 Å². The lowest BCUT2D eigenvalue weighted by Crippen LogP contribution is -1.92. The van der Waals surface area contributed by atoms with Crippen LogP contribution in [0.2, 0.25) is 0 Å². The Bertz CT molecular complexity index is 595. The molecule has 1 aliphatic rings. The van der Waals surface area contributed by atoms with Crippen molar-refractivity contribution in [2.45, 2.75) is 12.5 Å². The van der Waals surface area contributed by atoms with Crippen LogP contribution in [0.5, 0.6) is 0 Å². The van der Waals surface area contributed by atoms with E-state index in [0.717, 1.165) is 21.9 Å². The number of aliphatic hydroxyl groups is 1. The van der Waals surface area contributed by atoms with Gasteiger partial charge in [0.1, 0.15) is 0 Å². The lowest BCUT2D eigenvalue weighted by Gasteiger charge is -2.04. The van der Waals surface area contributed by atoms with Crippen LogP contribution >= 0.6 is 0 Å². The van der Waals surface area contributed by atoms with E-state index in [1.807, 2.05) is 24.3 Å². The molecule has 1 aliphatic carbocycles. The predicted molar refractivity (Wildman–Crippen MR) is 57.3 cm³/mol. The lowest BCUT2D eigenvalue weighted by atomic mass is 10.0. The lowest BCUT2D eigenvalue weighted by molar-refractivity contribution is 0.185. The highest BCUT2D eigenvalue weighted by atomic mass is 16.3. The van der Waals surface area contributed by atoms with Crippen molar-refractivity contribution < 1.29 is 5.11 Å². The number of aliphatic hydroxyl groups excluding tert-OH is 1. The molecule has 0 radical (unpaired) electrons. The maximum atomic E-state index is 9.85. The van der Waals surface area contributed by atoms with Crippen LogP contribution in [0.15, 0.2) is 30.3 Å². The van der Waals surface area contributed by atoms with E-state index in [4.69, 9.17) is 5.26 Å². The monoisotopic (exact) mass is 195 g/mol. The number of benzene rings is 2. The zero-order valence-corrected chi connectivity index (χ0v) is 8.07. The quantitative estimate of drug-likeness (QED) is 0.701. The van der Waals surface area contributed by atoms with Crippen LogP contribution in [0.3, 0.4) is 0 Å². The van der Waals surface area contributed by atoms with Crippen LogP contribution in [-0.2, 0) is 6.42 Å². The van der Waals surface area contributed by atoms with E-state index >= 15 is 0 Å². The number of hydrogen-bond donors (Lipinski definition) is 1. The zero-order valence-electron chi connectivity index (χ0n) is 8.07. The summed E-state index contributed by atoms with van der Waals surface area (Å²) in [6.45, 7) is 0. The van der Waals surface area contributed by atoms with E-state index in [1.165, 1.54) is 0 Å². The Morgan fingerprint density at radius 3 is 2.93 bits per heavy atom. The van der Waals surface area contributed by atoms with Crippen LogP contribution in [-0.4, -0.2) is 5.11 Å². The van der Waals surface area contributed by atoms with Gasteiger partial charge in [0.2, 0.25) is 0 Å². The van der Waals surface area contributed by atoms with Gasteiger partial charge in [0, 0.05) is 11.8 Å². The first-order chi connectivity index (χ1) is 7.31. The number of nitriles is 1. The van der Waals surface area contributed by atoms with Crippen LogP contribution in [0.25, 0.3) is 10.8 Å². The molecule has 1 N–H and O–H groups in total. The van der Waals surface area contributed by atoms with E-state index in [1.54, 1.807) is 6.07 Å². The van der Waals surface area contributed by atoms with Crippen LogP contribution in [0.4, 0.5) is 0 Å². The third-order valence-corrected chi connectivity index (χ3v) is 3.05. The number of hydrogen-bond acceptors (Lipinski definition) is 2. The molecule has 2 heteroatoms. The first kappa shape index (κ1) is 8.46. The molecular formula is C13H9NO. The minimum absolute atomic E-state index is 0.405. The summed E-state index contributed by atoms with van der Waals surface area (Å²) in [5.41, 5.74) is 2.79. The smallest absolute Gasteiger partial charge is 0.0998 e. The average Bonchev–Trinajstić information content (AvgIpc) is 2.58. The van der Waals surface area contributed by atoms with Crippen molar-refractivity contribution in [3.8, 4) is 6.07 Å². The van der Waals surface area contributed by atoms with Crippen molar-refractivity contribution in [3.63, 3.8) is 0 Å². The highest BCUT2D eigenvalue weighted by Gasteiger charge is 2.22. The summed E-state index contributed by atoms with van der Waals surface area (Å²) in [6.07, 6.45) is 0.263. The highest BCUT2D eigenvalue weighted by molar-refractivity contribution is 5.95. The molecule has 15 heavy (non-hydrogen) atoms. The minimum atomic E-state index is -0.405. The standard InChI is InChI=1S/C13H9NO/c14-7-9-4-5-11-12(15)6-8-2-1-3-10(9)13(8)11/h1-5,12,15H,6H2. The molecule has 3 rings (SSSR count). The summed E-state index contributed by atoms with van der Waals surface area (Å²) in [6, 6.07) is 11.7. The Balaban J connectivity index is 2.51. The van der Waals surface area contributed by atoms with Gasteiger partial charge in [0.25, 0.3) is 0 Å². The molecule has 1 unspecified atom stereocenters. The van der Waals surface area contributed by atoms with Crippen LogP contribution < -0.4 is 0 Å². The van der Waals surface area contributed by atoms with Gasteiger partial charge in [-0.25, -0.2) is 0 Å². The molecule has 2 nitrogen and oxygen atoms in total. The zero-order chi connectivity index (χ0) is 10.4. The third kappa shape index (κ3) is 1.01. The van der Waals surface area contributed by atoms with Crippen molar-refractivity contribution >= 4 is 10.8 Å². The summed E-state index contributed by atoms with van der Waals surface area (Å²) in [5.74, 6) is 0. The summed E-state index contributed by atoms with van der Waals surface area (Å²) in [5, 5.41) is 20.9. The van der Waals surface area contributed by atoms with Crippen molar-refractivity contribution in [2.75, 3.05) is 0 Å². The fraction of sp³-hybridized carbons (Fsp3) is 0.154. The van der Waals surface area contributed by atoms with E-state index in [-0.39, 0.29) is 0 Å². The Morgan fingerprint density at radius 1 is 1.27 bits per heavy atom. The normalized spacial score (nSPS) is 18.0. The van der Waals surface area contributed by atoms with Gasteiger partial charge in [0.15, 0.2) is 0 Å². The van der Waals surface area contributed by atoms with Gasteiger partial charge < -0.3 is 5.11 Å². The average molecular weight is 195 g/mol. The van der Waals surface area contributed by atoms with Crippen molar-refractivity contribution in [3.05, 3.63) is 47.0 Å². The fourth-order valence-corrected chi connectivity index (χ4v) is 2.38. The van der Waals surface area contributed by atoms with Crippen LogP contribution in [0.1, 0.15) is 22.8 Å². The van der Waals surface area contributed by atoms with Gasteiger partial charge in [-0.05, 0) is 22.6 Å².